The average molecular weight is 279 g/mol. The molecule has 1 aliphatic carbocycles. The highest BCUT2D eigenvalue weighted by Crippen LogP contribution is 2.45. The first-order valence-electron chi connectivity index (χ1n) is 6.49. The first kappa shape index (κ1) is 14.3. The van der Waals surface area contributed by atoms with Crippen molar-refractivity contribution in [2.75, 3.05) is 0 Å². The van der Waals surface area contributed by atoms with Crippen LogP contribution in [0.3, 0.4) is 0 Å². The number of carbonyl (C=O) groups is 1. The Labute approximate surface area is 116 Å². The fourth-order valence-corrected chi connectivity index (χ4v) is 2.72. The maximum absolute atomic E-state index is 13.5. The summed E-state index contributed by atoms with van der Waals surface area (Å²) in [6.45, 7) is 2.08. The Morgan fingerprint density at radius 3 is 2.75 bits per heavy atom. The molecule has 6 heteroatoms. The fourth-order valence-electron chi connectivity index (χ4n) is 2.72. The molecule has 1 aromatic carbocycles. The van der Waals surface area contributed by atoms with Crippen LogP contribution in [0.5, 0.6) is 0 Å². The first-order valence-corrected chi connectivity index (χ1v) is 6.49. The van der Waals surface area contributed by atoms with Crippen molar-refractivity contribution in [1.82, 2.24) is 5.32 Å². The van der Waals surface area contributed by atoms with Crippen molar-refractivity contribution in [3.8, 4) is 0 Å². The zero-order valence-electron chi connectivity index (χ0n) is 11.3. The molecule has 4 N–H and O–H groups in total. The fraction of sp³-hybridized carbons (Fsp3) is 0.429. The summed E-state index contributed by atoms with van der Waals surface area (Å²) >= 11 is 0. The molecule has 5 nitrogen and oxygen atoms in total. The van der Waals surface area contributed by atoms with Crippen molar-refractivity contribution >= 4 is 11.7 Å². The van der Waals surface area contributed by atoms with Crippen molar-refractivity contribution in [3.63, 3.8) is 0 Å². The van der Waals surface area contributed by atoms with E-state index >= 15 is 0 Å². The molecule has 0 unspecified atom stereocenters. The highest BCUT2D eigenvalue weighted by atomic mass is 19.1. The number of amidine groups is 1. The molecule has 1 aliphatic rings. The molecule has 0 radical (unpaired) electrons. The quantitative estimate of drug-likeness (QED) is 0.338. The molecular weight excluding hydrogens is 261 g/mol. The lowest BCUT2D eigenvalue weighted by molar-refractivity contribution is -0.133. The van der Waals surface area contributed by atoms with E-state index in [4.69, 9.17) is 10.9 Å². The van der Waals surface area contributed by atoms with Crippen LogP contribution in [0.1, 0.15) is 25.3 Å². The summed E-state index contributed by atoms with van der Waals surface area (Å²) in [5, 5.41) is 14.5. The summed E-state index contributed by atoms with van der Waals surface area (Å²) in [6, 6.07) is 6.24. The molecule has 2 rings (SSSR count). The van der Waals surface area contributed by atoms with Crippen molar-refractivity contribution in [2.24, 2.45) is 22.2 Å². The zero-order valence-corrected chi connectivity index (χ0v) is 11.3. The number of hydrogen-bond acceptors (Lipinski definition) is 3. The van der Waals surface area contributed by atoms with Gasteiger partial charge in [-0.3, -0.25) is 4.79 Å². The van der Waals surface area contributed by atoms with Gasteiger partial charge in [0.2, 0.25) is 5.91 Å². The second-order valence-corrected chi connectivity index (χ2v) is 5.35. The van der Waals surface area contributed by atoms with Crippen LogP contribution < -0.4 is 11.1 Å². The van der Waals surface area contributed by atoms with Crippen molar-refractivity contribution in [3.05, 3.63) is 35.6 Å². The molecule has 1 amide bonds. The minimum Gasteiger partial charge on any atom is -0.409 e. The molecule has 0 spiro atoms. The highest BCUT2D eigenvalue weighted by molar-refractivity contribution is 6.07. The Kier molecular flexibility index (Phi) is 3.92. The van der Waals surface area contributed by atoms with Crippen LogP contribution in [-0.2, 0) is 11.3 Å². The number of nitrogens with one attached hydrogen (secondary N) is 1. The molecule has 0 aromatic heterocycles. The predicted molar refractivity (Wildman–Crippen MR) is 72.5 cm³/mol. The zero-order chi connectivity index (χ0) is 14.8. The third-order valence-electron chi connectivity index (χ3n) is 3.82. The van der Waals surface area contributed by atoms with E-state index in [1.807, 2.05) is 6.92 Å². The van der Waals surface area contributed by atoms with Gasteiger partial charge in [0.15, 0.2) is 5.84 Å². The molecule has 1 saturated carbocycles. The lowest BCUT2D eigenvalue weighted by Crippen LogP contribution is -2.56. The average Bonchev–Trinajstić information content (AvgIpc) is 2.41. The molecule has 0 aliphatic heterocycles. The van der Waals surface area contributed by atoms with Gasteiger partial charge in [0.1, 0.15) is 11.2 Å². The highest BCUT2D eigenvalue weighted by Gasteiger charge is 2.52. The normalized spacial score (nSPS) is 25.9. The summed E-state index contributed by atoms with van der Waals surface area (Å²) in [5.41, 5.74) is 5.09. The van der Waals surface area contributed by atoms with Crippen molar-refractivity contribution in [1.29, 1.82) is 0 Å². The predicted octanol–water partition coefficient (Wildman–Crippen LogP) is 1.60. The lowest BCUT2D eigenvalue weighted by atomic mass is 9.61. The minimum atomic E-state index is -0.959. The largest absolute Gasteiger partial charge is 0.409 e. The van der Waals surface area contributed by atoms with E-state index in [-0.39, 0.29) is 24.1 Å². The topological polar surface area (TPSA) is 87.7 Å². The number of benzene rings is 1. The number of carbonyl (C=O) groups excluding carboxylic acids is 1. The van der Waals surface area contributed by atoms with Crippen LogP contribution in [0.25, 0.3) is 0 Å². The van der Waals surface area contributed by atoms with Crippen LogP contribution in [0, 0.1) is 17.2 Å². The molecule has 0 bridgehead atoms. The van der Waals surface area contributed by atoms with Gasteiger partial charge in [-0.25, -0.2) is 4.39 Å². The smallest absolute Gasteiger partial charge is 0.234 e. The van der Waals surface area contributed by atoms with E-state index in [0.717, 1.165) is 0 Å². The Balaban J connectivity index is 2.06. The molecular formula is C14H18FN3O2. The van der Waals surface area contributed by atoms with Crippen molar-refractivity contribution < 1.29 is 14.4 Å². The summed E-state index contributed by atoms with van der Waals surface area (Å²) in [7, 11) is 0. The van der Waals surface area contributed by atoms with E-state index in [2.05, 4.69) is 10.5 Å². The van der Waals surface area contributed by atoms with Gasteiger partial charge in [0.25, 0.3) is 0 Å². The van der Waals surface area contributed by atoms with Crippen molar-refractivity contribution in [2.45, 2.75) is 26.3 Å². The Bertz CT molecular complexity index is 539. The van der Waals surface area contributed by atoms with Crippen LogP contribution in [-0.4, -0.2) is 17.0 Å². The lowest BCUT2D eigenvalue weighted by Gasteiger charge is -2.43. The SMILES string of the molecule is CC1CC(C(=O)NCc2ccccc2F)(/C(N)=N/O)C1. The Morgan fingerprint density at radius 2 is 2.20 bits per heavy atom. The Hall–Kier alpha value is -2.11. The first-order chi connectivity index (χ1) is 9.49. The third-order valence-corrected chi connectivity index (χ3v) is 3.82. The summed E-state index contributed by atoms with van der Waals surface area (Å²) in [4.78, 5) is 12.3. The monoisotopic (exact) mass is 279 g/mol. The van der Waals surface area contributed by atoms with E-state index in [1.165, 1.54) is 6.07 Å². The second-order valence-electron chi connectivity index (χ2n) is 5.35. The van der Waals surface area contributed by atoms with Crippen LogP contribution in [0.15, 0.2) is 29.4 Å². The number of oxime groups is 1. The molecule has 0 atom stereocenters. The van der Waals surface area contributed by atoms with Gasteiger partial charge in [-0.15, -0.1) is 0 Å². The van der Waals surface area contributed by atoms with Gasteiger partial charge in [-0.05, 0) is 24.8 Å². The third kappa shape index (κ3) is 2.45. The van der Waals surface area contributed by atoms with Gasteiger partial charge < -0.3 is 16.3 Å². The van der Waals surface area contributed by atoms with Gasteiger partial charge in [-0.2, -0.15) is 0 Å². The van der Waals surface area contributed by atoms with E-state index in [9.17, 15) is 9.18 Å². The van der Waals surface area contributed by atoms with Gasteiger partial charge in [0, 0.05) is 12.1 Å². The summed E-state index contributed by atoms with van der Waals surface area (Å²) in [6.07, 6.45) is 1.07. The number of amides is 1. The summed E-state index contributed by atoms with van der Waals surface area (Å²) in [5.74, 6) is -0.432. The molecule has 0 saturated heterocycles. The molecule has 108 valence electrons. The standard InChI is InChI=1S/C14H18FN3O2/c1-9-6-14(7-9,12(16)18-20)13(19)17-8-10-4-2-3-5-11(10)15/h2-5,9,20H,6-8H2,1H3,(H2,16,18)(H,17,19). The van der Waals surface area contributed by atoms with E-state index in [0.29, 0.717) is 24.3 Å². The number of hydrogen-bond donors (Lipinski definition) is 3. The number of nitrogens with zero attached hydrogens (tertiary/aromatic N) is 1. The molecule has 1 aromatic rings. The van der Waals surface area contributed by atoms with E-state index in [1.54, 1.807) is 18.2 Å². The van der Waals surface area contributed by atoms with Crippen LogP contribution in [0.2, 0.25) is 0 Å². The van der Waals surface area contributed by atoms with Gasteiger partial charge in [0.05, 0.1) is 0 Å². The molecule has 0 heterocycles. The maximum Gasteiger partial charge on any atom is 0.234 e. The van der Waals surface area contributed by atoms with Gasteiger partial charge in [-0.1, -0.05) is 30.3 Å². The second kappa shape index (κ2) is 5.48. The maximum atomic E-state index is 13.5. The van der Waals surface area contributed by atoms with Gasteiger partial charge >= 0.3 is 0 Å². The summed E-state index contributed by atoms with van der Waals surface area (Å²) < 4.78 is 13.5. The number of nitrogens with two attached hydrogens (primary N) is 1. The van der Waals surface area contributed by atoms with Crippen LogP contribution in [0.4, 0.5) is 4.39 Å². The van der Waals surface area contributed by atoms with Crippen LogP contribution >= 0.6 is 0 Å². The molecule has 1 fully saturated rings. The molecule has 20 heavy (non-hydrogen) atoms. The number of rotatable bonds is 4. The van der Waals surface area contributed by atoms with E-state index < -0.39 is 5.41 Å². The number of halogens is 1. The minimum absolute atomic E-state index is 0.0818. The Morgan fingerprint density at radius 1 is 1.55 bits per heavy atom.